The Morgan fingerprint density at radius 1 is 1.25 bits per heavy atom. The third kappa shape index (κ3) is 4.17. The predicted octanol–water partition coefficient (Wildman–Crippen LogP) is 0.755. The lowest BCUT2D eigenvalue weighted by molar-refractivity contribution is -0.117. The first-order chi connectivity index (χ1) is 11.3. The molecule has 3 rings (SSSR count). The minimum absolute atomic E-state index is 0.111. The van der Waals surface area contributed by atoms with Crippen molar-refractivity contribution in [2.75, 3.05) is 55.3 Å². The number of anilines is 2. The summed E-state index contributed by atoms with van der Waals surface area (Å²) >= 11 is 0. The molecule has 0 aromatic carbocycles. The second kappa shape index (κ2) is 6.85. The average Bonchev–Trinajstić information content (AvgIpc) is 2.86. The van der Waals surface area contributed by atoms with E-state index in [9.17, 15) is 13.2 Å². The molecule has 7 nitrogen and oxygen atoms in total. The number of piperazine rings is 1. The van der Waals surface area contributed by atoms with E-state index in [4.69, 9.17) is 10.7 Å². The van der Waals surface area contributed by atoms with E-state index in [-0.39, 0.29) is 24.0 Å². The molecule has 0 N–H and O–H groups in total. The van der Waals surface area contributed by atoms with Crippen LogP contribution in [-0.4, -0.2) is 69.7 Å². The Bertz CT molecular complexity index is 702. The SMILES string of the molecule is CN1CCN(c2ccc(N3CC(CS(=O)(=O)Cl)CC3=O)nc2)CC1. The zero-order chi connectivity index (χ0) is 17.3. The molecular weight excluding hydrogens is 352 g/mol. The van der Waals surface area contributed by atoms with E-state index in [0.29, 0.717) is 12.4 Å². The van der Waals surface area contributed by atoms with E-state index < -0.39 is 9.05 Å². The van der Waals surface area contributed by atoms with Gasteiger partial charge in [0.05, 0.1) is 17.6 Å². The van der Waals surface area contributed by atoms with Gasteiger partial charge in [0.1, 0.15) is 5.82 Å². The molecule has 0 bridgehead atoms. The number of likely N-dealkylation sites (N-methyl/N-ethyl adjacent to an activating group) is 1. The van der Waals surface area contributed by atoms with Crippen molar-refractivity contribution < 1.29 is 13.2 Å². The molecule has 2 saturated heterocycles. The molecule has 1 aromatic heterocycles. The van der Waals surface area contributed by atoms with Crippen LogP contribution in [-0.2, 0) is 13.8 Å². The first kappa shape index (κ1) is 17.4. The maximum atomic E-state index is 12.1. The van der Waals surface area contributed by atoms with Crippen molar-refractivity contribution in [3.63, 3.8) is 0 Å². The third-order valence-electron chi connectivity index (χ3n) is 4.52. The van der Waals surface area contributed by atoms with Crippen LogP contribution >= 0.6 is 10.7 Å². The Hall–Kier alpha value is -1.38. The fraction of sp³-hybridized carbons (Fsp3) is 0.600. The van der Waals surface area contributed by atoms with Gasteiger partial charge in [0.15, 0.2) is 0 Å². The highest BCUT2D eigenvalue weighted by atomic mass is 35.7. The highest BCUT2D eigenvalue weighted by Gasteiger charge is 2.33. The summed E-state index contributed by atoms with van der Waals surface area (Å²) < 4.78 is 22.4. The summed E-state index contributed by atoms with van der Waals surface area (Å²) in [4.78, 5) is 22.6. The van der Waals surface area contributed by atoms with Crippen LogP contribution in [0.5, 0.6) is 0 Å². The zero-order valence-corrected chi connectivity index (χ0v) is 15.1. The van der Waals surface area contributed by atoms with Crippen LogP contribution in [0.2, 0.25) is 0 Å². The molecule has 2 aliphatic heterocycles. The molecule has 1 aromatic rings. The highest BCUT2D eigenvalue weighted by Crippen LogP contribution is 2.26. The van der Waals surface area contributed by atoms with Crippen LogP contribution in [0.15, 0.2) is 18.3 Å². The molecule has 1 atom stereocenters. The van der Waals surface area contributed by atoms with E-state index in [1.54, 1.807) is 11.1 Å². The molecule has 9 heteroatoms. The molecule has 0 spiro atoms. The predicted molar refractivity (Wildman–Crippen MR) is 94.0 cm³/mol. The lowest BCUT2D eigenvalue weighted by atomic mass is 10.1. The number of hydrogen-bond acceptors (Lipinski definition) is 6. The molecule has 0 aliphatic carbocycles. The van der Waals surface area contributed by atoms with Crippen LogP contribution in [0.1, 0.15) is 6.42 Å². The number of nitrogens with zero attached hydrogens (tertiary/aromatic N) is 4. The molecule has 0 radical (unpaired) electrons. The van der Waals surface area contributed by atoms with Gasteiger partial charge in [-0.2, -0.15) is 0 Å². The number of aromatic nitrogens is 1. The fourth-order valence-electron chi connectivity index (χ4n) is 3.19. The minimum atomic E-state index is -3.60. The van der Waals surface area contributed by atoms with E-state index >= 15 is 0 Å². The largest absolute Gasteiger partial charge is 0.368 e. The number of pyridine rings is 1. The van der Waals surface area contributed by atoms with Gasteiger partial charge in [-0.25, -0.2) is 13.4 Å². The molecule has 2 fully saturated rings. The van der Waals surface area contributed by atoms with Crippen molar-refractivity contribution in [1.29, 1.82) is 0 Å². The summed E-state index contributed by atoms with van der Waals surface area (Å²) in [5.41, 5.74) is 1.04. The summed E-state index contributed by atoms with van der Waals surface area (Å²) in [6.07, 6.45) is 1.97. The molecule has 24 heavy (non-hydrogen) atoms. The normalized spacial score (nSPS) is 23.1. The number of amides is 1. The van der Waals surface area contributed by atoms with Gasteiger partial charge in [0.2, 0.25) is 15.0 Å². The second-order valence-corrected chi connectivity index (χ2v) is 9.27. The second-order valence-electron chi connectivity index (χ2n) is 6.44. The van der Waals surface area contributed by atoms with E-state index in [1.807, 2.05) is 12.1 Å². The van der Waals surface area contributed by atoms with Crippen molar-refractivity contribution in [2.45, 2.75) is 6.42 Å². The molecule has 132 valence electrons. The molecule has 2 aliphatic rings. The molecular formula is C15H21ClN4O3S. The van der Waals surface area contributed by atoms with Crippen molar-refractivity contribution in [3.05, 3.63) is 18.3 Å². The van der Waals surface area contributed by atoms with Crippen LogP contribution in [0, 0.1) is 5.92 Å². The van der Waals surface area contributed by atoms with Gasteiger partial charge >= 0.3 is 0 Å². The Morgan fingerprint density at radius 2 is 1.96 bits per heavy atom. The van der Waals surface area contributed by atoms with Gasteiger partial charge in [0.25, 0.3) is 0 Å². The maximum absolute atomic E-state index is 12.1. The topological polar surface area (TPSA) is 73.8 Å². The van der Waals surface area contributed by atoms with Gasteiger partial charge in [-0.15, -0.1) is 0 Å². The maximum Gasteiger partial charge on any atom is 0.232 e. The van der Waals surface area contributed by atoms with Gasteiger partial charge in [-0.1, -0.05) is 0 Å². The third-order valence-corrected chi connectivity index (χ3v) is 5.76. The smallest absolute Gasteiger partial charge is 0.232 e. The first-order valence-electron chi connectivity index (χ1n) is 7.94. The number of rotatable bonds is 4. The van der Waals surface area contributed by atoms with Crippen molar-refractivity contribution >= 4 is 37.1 Å². The van der Waals surface area contributed by atoms with Crippen LogP contribution < -0.4 is 9.80 Å². The van der Waals surface area contributed by atoms with Crippen molar-refractivity contribution in [2.24, 2.45) is 5.92 Å². The Labute approximate surface area is 146 Å². The number of carbonyl (C=O) groups is 1. The van der Waals surface area contributed by atoms with Gasteiger partial charge in [-0.05, 0) is 19.2 Å². The summed E-state index contributed by atoms with van der Waals surface area (Å²) in [6, 6.07) is 3.79. The fourth-order valence-corrected chi connectivity index (χ4v) is 4.51. The minimum Gasteiger partial charge on any atom is -0.368 e. The Kier molecular flexibility index (Phi) is 4.98. The van der Waals surface area contributed by atoms with Crippen molar-refractivity contribution in [1.82, 2.24) is 9.88 Å². The summed E-state index contributed by atoms with van der Waals surface area (Å²) in [7, 11) is 3.80. The lowest BCUT2D eigenvalue weighted by Gasteiger charge is -2.33. The Balaban J connectivity index is 1.66. The molecule has 0 saturated carbocycles. The number of halogens is 1. The van der Waals surface area contributed by atoms with Crippen LogP contribution in [0.3, 0.4) is 0 Å². The van der Waals surface area contributed by atoms with Gasteiger partial charge in [-0.3, -0.25) is 9.69 Å². The number of hydrogen-bond donors (Lipinski definition) is 0. The van der Waals surface area contributed by atoms with E-state index in [2.05, 4.69) is 21.8 Å². The van der Waals surface area contributed by atoms with Crippen LogP contribution in [0.25, 0.3) is 0 Å². The molecule has 1 amide bonds. The standard InChI is InChI=1S/C15H21ClN4O3S/c1-18-4-6-19(7-5-18)13-2-3-14(17-9-13)20-10-12(8-15(20)21)11-24(16,22)23/h2-3,9,12H,4-8,10-11H2,1H3. The quantitative estimate of drug-likeness (QED) is 0.726. The summed E-state index contributed by atoms with van der Waals surface area (Å²) in [5.74, 6) is -0.0116. The molecule has 3 heterocycles. The summed E-state index contributed by atoms with van der Waals surface area (Å²) in [5, 5.41) is 0. The van der Waals surface area contributed by atoms with Gasteiger partial charge < -0.3 is 9.80 Å². The van der Waals surface area contributed by atoms with Crippen molar-refractivity contribution in [3.8, 4) is 0 Å². The monoisotopic (exact) mass is 372 g/mol. The Morgan fingerprint density at radius 3 is 2.54 bits per heavy atom. The highest BCUT2D eigenvalue weighted by molar-refractivity contribution is 8.13. The van der Waals surface area contributed by atoms with E-state index in [0.717, 1.165) is 31.9 Å². The average molecular weight is 373 g/mol. The lowest BCUT2D eigenvalue weighted by Crippen LogP contribution is -2.44. The van der Waals surface area contributed by atoms with Gasteiger partial charge in [0, 0.05) is 55.7 Å². The molecule has 1 unspecified atom stereocenters. The summed E-state index contributed by atoms with van der Waals surface area (Å²) in [6.45, 7) is 4.28. The van der Waals surface area contributed by atoms with Crippen LogP contribution in [0.4, 0.5) is 11.5 Å². The number of carbonyl (C=O) groups excluding carboxylic acids is 1. The van der Waals surface area contributed by atoms with E-state index in [1.165, 1.54) is 0 Å². The first-order valence-corrected chi connectivity index (χ1v) is 10.4. The zero-order valence-electron chi connectivity index (χ0n) is 13.6.